The van der Waals surface area contributed by atoms with E-state index in [9.17, 15) is 9.90 Å². The van der Waals surface area contributed by atoms with Crippen LogP contribution in [0.2, 0.25) is 0 Å². The van der Waals surface area contributed by atoms with Crippen molar-refractivity contribution in [1.29, 1.82) is 0 Å². The van der Waals surface area contributed by atoms with Crippen LogP contribution in [0.3, 0.4) is 0 Å². The predicted octanol–water partition coefficient (Wildman–Crippen LogP) is 0.866. The van der Waals surface area contributed by atoms with E-state index in [1.54, 1.807) is 6.20 Å². The summed E-state index contributed by atoms with van der Waals surface area (Å²) < 4.78 is 0. The number of pyridine rings is 1. The van der Waals surface area contributed by atoms with Crippen LogP contribution in [0.15, 0.2) is 29.8 Å². The maximum absolute atomic E-state index is 12.0. The number of β-amino-alcohol motifs (C(OH)–C–C–N with tert-alkyl or cyclic N) is 1. The number of thiazole rings is 1. The number of aromatic nitrogens is 2. The first-order valence-electron chi connectivity index (χ1n) is 6.31. The van der Waals surface area contributed by atoms with Crippen molar-refractivity contribution in [3.63, 3.8) is 0 Å². The van der Waals surface area contributed by atoms with Gasteiger partial charge in [-0.15, -0.1) is 11.3 Å². The van der Waals surface area contributed by atoms with Crippen LogP contribution in [-0.4, -0.2) is 39.7 Å². The van der Waals surface area contributed by atoms with Gasteiger partial charge in [-0.3, -0.25) is 9.78 Å². The van der Waals surface area contributed by atoms with Gasteiger partial charge in [0.2, 0.25) is 5.91 Å². The van der Waals surface area contributed by atoms with E-state index in [1.807, 2.05) is 23.6 Å². The molecule has 1 fully saturated rings. The predicted molar refractivity (Wildman–Crippen MR) is 76.4 cm³/mol. The van der Waals surface area contributed by atoms with Gasteiger partial charge < -0.3 is 15.7 Å². The van der Waals surface area contributed by atoms with Gasteiger partial charge in [-0.1, -0.05) is 6.07 Å². The highest BCUT2D eigenvalue weighted by molar-refractivity contribution is 7.14. The molecule has 1 aliphatic rings. The second-order valence-electron chi connectivity index (χ2n) is 4.59. The van der Waals surface area contributed by atoms with Crippen LogP contribution in [0, 0.1) is 0 Å². The zero-order valence-corrected chi connectivity index (χ0v) is 11.4. The molecule has 0 unspecified atom stereocenters. The number of nitrogens with zero attached hydrogens (tertiary/aromatic N) is 2. The van der Waals surface area contributed by atoms with E-state index in [1.165, 1.54) is 11.3 Å². The number of anilines is 1. The Labute approximate surface area is 119 Å². The zero-order valence-electron chi connectivity index (χ0n) is 10.6. The number of hydrogen-bond acceptors (Lipinski definition) is 6. The van der Waals surface area contributed by atoms with Gasteiger partial charge in [-0.2, -0.15) is 0 Å². The molecule has 0 aromatic carbocycles. The summed E-state index contributed by atoms with van der Waals surface area (Å²) in [7, 11) is 0. The Morgan fingerprint density at radius 3 is 3.05 bits per heavy atom. The number of carbonyl (C=O) groups is 1. The Balaban J connectivity index is 1.67. The molecule has 3 N–H and O–H groups in total. The molecule has 1 aliphatic heterocycles. The molecule has 0 spiro atoms. The van der Waals surface area contributed by atoms with Gasteiger partial charge in [0.05, 0.1) is 17.8 Å². The molecule has 7 heteroatoms. The first kappa shape index (κ1) is 13.2. The molecule has 0 aliphatic carbocycles. The van der Waals surface area contributed by atoms with E-state index >= 15 is 0 Å². The van der Waals surface area contributed by atoms with Crippen molar-refractivity contribution in [3.05, 3.63) is 29.8 Å². The van der Waals surface area contributed by atoms with Crippen LogP contribution in [0.25, 0.3) is 11.4 Å². The molecule has 0 radical (unpaired) electrons. The molecule has 3 heterocycles. The van der Waals surface area contributed by atoms with Gasteiger partial charge in [0.1, 0.15) is 5.69 Å². The van der Waals surface area contributed by atoms with Gasteiger partial charge in [0.25, 0.3) is 0 Å². The second kappa shape index (κ2) is 5.66. The highest BCUT2D eigenvalue weighted by atomic mass is 32.1. The molecular formula is C13H14N4O2S. The molecule has 0 bridgehead atoms. The molecule has 0 saturated carbocycles. The molecule has 20 heavy (non-hydrogen) atoms. The largest absolute Gasteiger partial charge is 0.392 e. The van der Waals surface area contributed by atoms with Gasteiger partial charge in [-0.25, -0.2) is 4.98 Å². The second-order valence-corrected chi connectivity index (χ2v) is 5.45. The third kappa shape index (κ3) is 2.84. The van der Waals surface area contributed by atoms with Crippen LogP contribution < -0.4 is 10.6 Å². The fourth-order valence-electron chi connectivity index (χ4n) is 2.07. The molecule has 2 atom stereocenters. The van der Waals surface area contributed by atoms with Gasteiger partial charge in [0, 0.05) is 18.1 Å². The average Bonchev–Trinajstić information content (AvgIpc) is 3.09. The van der Waals surface area contributed by atoms with Crippen LogP contribution in [-0.2, 0) is 4.79 Å². The van der Waals surface area contributed by atoms with Crippen molar-refractivity contribution in [1.82, 2.24) is 15.3 Å². The van der Waals surface area contributed by atoms with Gasteiger partial charge in [0.15, 0.2) is 5.13 Å². The maximum Gasteiger partial charge on any atom is 0.243 e. The zero-order chi connectivity index (χ0) is 13.9. The summed E-state index contributed by atoms with van der Waals surface area (Å²) in [5.41, 5.74) is 1.52. The minimum atomic E-state index is -0.453. The quantitative estimate of drug-likeness (QED) is 0.780. The molecular weight excluding hydrogens is 276 g/mol. The highest BCUT2D eigenvalue weighted by Crippen LogP contribution is 2.23. The topological polar surface area (TPSA) is 87.1 Å². The summed E-state index contributed by atoms with van der Waals surface area (Å²) >= 11 is 1.36. The summed E-state index contributed by atoms with van der Waals surface area (Å²) in [6.07, 6.45) is 1.69. The van der Waals surface area contributed by atoms with E-state index in [0.717, 1.165) is 11.4 Å². The summed E-state index contributed by atoms with van der Waals surface area (Å²) in [6.45, 7) is 0.454. The molecule has 3 rings (SSSR count). The minimum Gasteiger partial charge on any atom is -0.392 e. The number of nitrogens with one attached hydrogen (secondary N) is 2. The van der Waals surface area contributed by atoms with Crippen molar-refractivity contribution in [2.24, 2.45) is 0 Å². The molecule has 104 valence electrons. The number of carbonyl (C=O) groups excluding carboxylic acids is 1. The number of aliphatic hydroxyl groups excluding tert-OH is 1. The first-order valence-corrected chi connectivity index (χ1v) is 7.19. The van der Waals surface area contributed by atoms with Crippen molar-refractivity contribution in [2.45, 2.75) is 18.6 Å². The van der Waals surface area contributed by atoms with Gasteiger partial charge in [-0.05, 0) is 18.6 Å². The Bertz CT molecular complexity index is 601. The Morgan fingerprint density at radius 2 is 2.35 bits per heavy atom. The first-order chi connectivity index (χ1) is 9.72. The van der Waals surface area contributed by atoms with Crippen LogP contribution in [0.4, 0.5) is 5.13 Å². The number of amides is 1. The van der Waals surface area contributed by atoms with Crippen molar-refractivity contribution >= 4 is 22.4 Å². The Hall–Kier alpha value is -1.83. The summed E-state index contributed by atoms with van der Waals surface area (Å²) in [5, 5.41) is 17.5. The molecule has 1 saturated heterocycles. The van der Waals surface area contributed by atoms with E-state index < -0.39 is 6.10 Å². The lowest BCUT2D eigenvalue weighted by Crippen LogP contribution is -2.35. The fourth-order valence-corrected chi connectivity index (χ4v) is 2.78. The third-order valence-corrected chi connectivity index (χ3v) is 3.84. The average molecular weight is 290 g/mol. The lowest BCUT2D eigenvalue weighted by atomic mass is 10.2. The van der Waals surface area contributed by atoms with E-state index in [-0.39, 0.29) is 11.9 Å². The number of aliphatic hydroxyl groups is 1. The van der Waals surface area contributed by atoms with E-state index in [0.29, 0.717) is 18.1 Å². The molecule has 6 nitrogen and oxygen atoms in total. The lowest BCUT2D eigenvalue weighted by molar-refractivity contribution is -0.117. The summed E-state index contributed by atoms with van der Waals surface area (Å²) in [4.78, 5) is 20.5. The van der Waals surface area contributed by atoms with Crippen LogP contribution >= 0.6 is 11.3 Å². The minimum absolute atomic E-state index is 0.163. The number of hydrogen-bond donors (Lipinski definition) is 3. The summed E-state index contributed by atoms with van der Waals surface area (Å²) in [5.74, 6) is -0.163. The van der Waals surface area contributed by atoms with Crippen molar-refractivity contribution < 1.29 is 9.90 Å². The monoisotopic (exact) mass is 290 g/mol. The van der Waals surface area contributed by atoms with Crippen LogP contribution in [0.5, 0.6) is 0 Å². The Morgan fingerprint density at radius 1 is 1.45 bits per heavy atom. The van der Waals surface area contributed by atoms with Crippen molar-refractivity contribution in [2.75, 3.05) is 11.9 Å². The van der Waals surface area contributed by atoms with E-state index in [2.05, 4.69) is 20.6 Å². The van der Waals surface area contributed by atoms with Crippen molar-refractivity contribution in [3.8, 4) is 11.4 Å². The molecule has 2 aromatic rings. The number of rotatable bonds is 3. The SMILES string of the molecule is O=C(Nc1nc(-c2ccccn2)cs1)[C@H]1C[C@H](O)CN1. The van der Waals surface area contributed by atoms with Gasteiger partial charge >= 0.3 is 0 Å². The standard InChI is InChI=1S/C13H14N4O2S/c18-8-5-10(15-6-8)12(19)17-13-16-11(7-20-13)9-3-1-2-4-14-9/h1-4,7-8,10,15,18H,5-6H2,(H,16,17,19)/t8-,10+/m0/s1. The fraction of sp³-hybridized carbons (Fsp3) is 0.308. The molecule has 2 aromatic heterocycles. The normalized spacial score (nSPS) is 21.9. The maximum atomic E-state index is 12.0. The smallest absolute Gasteiger partial charge is 0.243 e. The third-order valence-electron chi connectivity index (χ3n) is 3.09. The van der Waals surface area contributed by atoms with Crippen LogP contribution in [0.1, 0.15) is 6.42 Å². The highest BCUT2D eigenvalue weighted by Gasteiger charge is 2.28. The van der Waals surface area contributed by atoms with E-state index in [4.69, 9.17) is 0 Å². The molecule has 1 amide bonds. The Kier molecular flexibility index (Phi) is 3.72. The summed E-state index contributed by atoms with van der Waals surface area (Å²) in [6, 6.07) is 5.25. The lowest BCUT2D eigenvalue weighted by Gasteiger charge is -2.08.